The predicted octanol–water partition coefficient (Wildman–Crippen LogP) is 1.24. The number of nitrogens with one attached hydrogen (secondary N) is 1. The van der Waals surface area contributed by atoms with Crippen LogP contribution in [0, 0.1) is 17.0 Å². The molecule has 0 saturated heterocycles. The predicted molar refractivity (Wildman–Crippen MR) is 61.7 cm³/mol. The van der Waals surface area contributed by atoms with E-state index in [1.54, 1.807) is 6.92 Å². The summed E-state index contributed by atoms with van der Waals surface area (Å²) in [5, 5.41) is 29.3. The highest BCUT2D eigenvalue weighted by Gasteiger charge is 2.17. The Hall–Kier alpha value is -2.97. The lowest BCUT2D eigenvalue weighted by Crippen LogP contribution is -2.12. The normalized spacial score (nSPS) is 10.2. The number of hydrogen-bond acceptors (Lipinski definition) is 7. The van der Waals surface area contributed by atoms with Gasteiger partial charge < -0.3 is 9.52 Å². The van der Waals surface area contributed by atoms with E-state index in [2.05, 4.69) is 15.5 Å². The first kappa shape index (κ1) is 12.5. The van der Waals surface area contributed by atoms with Crippen molar-refractivity contribution in [3.63, 3.8) is 0 Å². The van der Waals surface area contributed by atoms with Crippen LogP contribution >= 0.6 is 0 Å². The number of aromatic hydroxyl groups is 1. The first-order valence-electron chi connectivity index (χ1n) is 5.06. The fraction of sp³-hybridized carbons (Fsp3) is 0.100. The number of phenolic OH excluding ortho intramolecular Hbond substituents is 1. The molecule has 9 nitrogen and oxygen atoms in total. The number of benzene rings is 1. The van der Waals surface area contributed by atoms with Crippen LogP contribution in [-0.2, 0) is 0 Å². The number of aromatic nitrogens is 2. The summed E-state index contributed by atoms with van der Waals surface area (Å²) in [6.07, 6.45) is 0. The first-order chi connectivity index (χ1) is 8.97. The topological polar surface area (TPSA) is 131 Å². The largest absolute Gasteiger partial charge is 0.502 e. The Morgan fingerprint density at radius 3 is 2.74 bits per heavy atom. The van der Waals surface area contributed by atoms with Crippen LogP contribution in [0.3, 0.4) is 0 Å². The number of amides is 1. The van der Waals surface area contributed by atoms with Gasteiger partial charge >= 0.3 is 11.7 Å². The summed E-state index contributed by atoms with van der Waals surface area (Å²) in [4.78, 5) is 21.5. The number of nitro groups is 1. The Bertz CT molecular complexity index is 651. The number of carbonyl (C=O) groups excluding carboxylic acids is 1. The van der Waals surface area contributed by atoms with E-state index in [-0.39, 0.29) is 17.5 Å². The fourth-order valence-corrected chi connectivity index (χ4v) is 1.34. The molecule has 1 aromatic heterocycles. The molecule has 2 N–H and O–H groups in total. The van der Waals surface area contributed by atoms with E-state index in [0.29, 0.717) is 0 Å². The van der Waals surface area contributed by atoms with Crippen LogP contribution in [0.25, 0.3) is 0 Å². The number of anilines is 1. The minimum atomic E-state index is -0.752. The second-order valence-corrected chi connectivity index (χ2v) is 3.54. The van der Waals surface area contributed by atoms with E-state index >= 15 is 0 Å². The summed E-state index contributed by atoms with van der Waals surface area (Å²) in [7, 11) is 0. The standard InChI is InChI=1S/C10H8N4O5/c1-5-12-13-10(19-5)11-9(16)6-2-3-7(14(17)18)8(15)4-6/h2-4,15H,1H3,(H,11,13,16). The minimum absolute atomic E-state index is 0.0268. The van der Waals surface area contributed by atoms with Crippen molar-refractivity contribution in [3.8, 4) is 5.75 Å². The summed E-state index contributed by atoms with van der Waals surface area (Å²) < 4.78 is 4.94. The Balaban J connectivity index is 2.20. The third kappa shape index (κ3) is 2.65. The Morgan fingerprint density at radius 1 is 1.47 bits per heavy atom. The van der Waals surface area contributed by atoms with Gasteiger partial charge in [0.05, 0.1) is 4.92 Å². The van der Waals surface area contributed by atoms with Crippen LogP contribution in [0.5, 0.6) is 5.75 Å². The van der Waals surface area contributed by atoms with Crippen molar-refractivity contribution in [2.45, 2.75) is 6.92 Å². The van der Waals surface area contributed by atoms with Crippen LogP contribution in [0.1, 0.15) is 16.2 Å². The van der Waals surface area contributed by atoms with Crippen molar-refractivity contribution >= 4 is 17.6 Å². The molecule has 98 valence electrons. The van der Waals surface area contributed by atoms with Crippen LogP contribution < -0.4 is 5.32 Å². The van der Waals surface area contributed by atoms with Crippen LogP contribution in [-0.4, -0.2) is 26.1 Å². The maximum Gasteiger partial charge on any atom is 0.322 e. The van der Waals surface area contributed by atoms with E-state index in [1.807, 2.05) is 0 Å². The van der Waals surface area contributed by atoms with Gasteiger partial charge in [-0.25, -0.2) is 0 Å². The average Bonchev–Trinajstić information content (AvgIpc) is 2.74. The van der Waals surface area contributed by atoms with Crippen LogP contribution in [0.2, 0.25) is 0 Å². The number of rotatable bonds is 3. The van der Waals surface area contributed by atoms with Gasteiger partial charge in [0.25, 0.3) is 5.91 Å². The Morgan fingerprint density at radius 2 is 2.21 bits per heavy atom. The second kappa shape index (κ2) is 4.72. The third-order valence-electron chi connectivity index (χ3n) is 2.18. The number of nitro benzene ring substituents is 1. The molecule has 0 bridgehead atoms. The lowest BCUT2D eigenvalue weighted by atomic mass is 10.2. The van der Waals surface area contributed by atoms with Gasteiger partial charge in [-0.1, -0.05) is 5.10 Å². The molecular weight excluding hydrogens is 256 g/mol. The molecule has 2 aromatic rings. The van der Waals surface area contributed by atoms with Gasteiger partial charge in [-0.2, -0.15) is 0 Å². The number of aryl methyl sites for hydroxylation is 1. The quantitative estimate of drug-likeness (QED) is 0.629. The zero-order valence-corrected chi connectivity index (χ0v) is 9.65. The van der Waals surface area contributed by atoms with Gasteiger partial charge in [-0.05, 0) is 12.1 Å². The highest BCUT2D eigenvalue weighted by atomic mass is 16.6. The molecular formula is C10H8N4O5. The lowest BCUT2D eigenvalue weighted by Gasteiger charge is -2.01. The number of nitrogens with zero attached hydrogens (tertiary/aromatic N) is 3. The van der Waals surface area contributed by atoms with E-state index in [9.17, 15) is 20.0 Å². The monoisotopic (exact) mass is 264 g/mol. The molecule has 1 amide bonds. The number of carbonyl (C=O) groups is 1. The molecule has 0 unspecified atom stereocenters. The molecule has 1 heterocycles. The van der Waals surface area contributed by atoms with E-state index in [1.165, 1.54) is 6.07 Å². The maximum atomic E-state index is 11.7. The zero-order valence-electron chi connectivity index (χ0n) is 9.65. The smallest absolute Gasteiger partial charge is 0.322 e. The molecule has 0 fully saturated rings. The number of hydrogen-bond donors (Lipinski definition) is 2. The Kier molecular flexibility index (Phi) is 3.10. The summed E-state index contributed by atoms with van der Waals surface area (Å²) >= 11 is 0. The van der Waals surface area contributed by atoms with Gasteiger partial charge in [0.15, 0.2) is 5.75 Å². The highest BCUT2D eigenvalue weighted by molar-refractivity contribution is 6.03. The van der Waals surface area contributed by atoms with E-state index in [4.69, 9.17) is 4.42 Å². The molecule has 1 aromatic carbocycles. The second-order valence-electron chi connectivity index (χ2n) is 3.54. The summed E-state index contributed by atoms with van der Waals surface area (Å²) in [6, 6.07) is 3.12. The maximum absolute atomic E-state index is 11.7. The van der Waals surface area contributed by atoms with Crippen LogP contribution in [0.4, 0.5) is 11.7 Å². The summed E-state index contributed by atoms with van der Waals surface area (Å²) in [6.45, 7) is 1.56. The number of phenols is 1. The van der Waals surface area contributed by atoms with Crippen molar-refractivity contribution in [2.24, 2.45) is 0 Å². The highest BCUT2D eigenvalue weighted by Crippen LogP contribution is 2.26. The average molecular weight is 264 g/mol. The van der Waals surface area contributed by atoms with E-state index < -0.39 is 22.3 Å². The summed E-state index contributed by atoms with van der Waals surface area (Å²) in [5.74, 6) is -0.949. The minimum Gasteiger partial charge on any atom is -0.502 e. The van der Waals surface area contributed by atoms with Gasteiger partial charge in [0.2, 0.25) is 5.89 Å². The van der Waals surface area contributed by atoms with E-state index in [0.717, 1.165) is 12.1 Å². The van der Waals surface area contributed by atoms with Crippen molar-refractivity contribution < 1.29 is 19.2 Å². The molecule has 2 rings (SSSR count). The van der Waals surface area contributed by atoms with Crippen molar-refractivity contribution in [3.05, 3.63) is 39.8 Å². The molecule has 0 radical (unpaired) electrons. The van der Waals surface area contributed by atoms with Crippen molar-refractivity contribution in [1.82, 2.24) is 10.2 Å². The molecule has 0 spiro atoms. The van der Waals surface area contributed by atoms with Crippen molar-refractivity contribution in [2.75, 3.05) is 5.32 Å². The molecule has 0 saturated carbocycles. The van der Waals surface area contributed by atoms with Crippen LogP contribution in [0.15, 0.2) is 22.6 Å². The van der Waals surface area contributed by atoms with Gasteiger partial charge in [-0.15, -0.1) is 5.10 Å². The molecule has 0 aliphatic rings. The first-order valence-corrected chi connectivity index (χ1v) is 5.06. The van der Waals surface area contributed by atoms with Gasteiger partial charge in [0.1, 0.15) is 0 Å². The molecule has 0 aliphatic carbocycles. The Labute approximate surface area is 106 Å². The lowest BCUT2D eigenvalue weighted by molar-refractivity contribution is -0.385. The molecule has 19 heavy (non-hydrogen) atoms. The van der Waals surface area contributed by atoms with Gasteiger partial charge in [-0.3, -0.25) is 20.2 Å². The fourth-order valence-electron chi connectivity index (χ4n) is 1.34. The van der Waals surface area contributed by atoms with Gasteiger partial charge in [0, 0.05) is 18.6 Å². The van der Waals surface area contributed by atoms with Crippen molar-refractivity contribution in [1.29, 1.82) is 0 Å². The SMILES string of the molecule is Cc1nnc(NC(=O)c2ccc([N+](=O)[O-])c(O)c2)o1. The third-order valence-corrected chi connectivity index (χ3v) is 2.18. The summed E-state index contributed by atoms with van der Waals surface area (Å²) in [5.41, 5.74) is -0.455. The zero-order chi connectivity index (χ0) is 14.0. The molecule has 0 atom stereocenters. The molecule has 9 heteroatoms. The molecule has 0 aliphatic heterocycles.